The molecule has 0 spiro atoms. The molecule has 2 N–H and O–H groups in total. The highest BCUT2D eigenvalue weighted by Crippen LogP contribution is 2.17. The van der Waals surface area contributed by atoms with Crippen LogP contribution in [0.15, 0.2) is 36.9 Å². The zero-order chi connectivity index (χ0) is 13.5. The lowest BCUT2D eigenvalue weighted by atomic mass is 9.99. The second-order valence-electron chi connectivity index (χ2n) is 5.07. The van der Waals surface area contributed by atoms with E-state index in [0.29, 0.717) is 18.5 Å². The standard InChI is InChI=1S/C16H25NO/c1-5-8-12(2)14(4)17-11-16(18)15-10-7-6-9-13(15)3/h5-7,9-10,12,14,16-18H,1,8,11H2,2-4H3. The third-order valence-electron chi connectivity index (χ3n) is 3.57. The molecule has 0 radical (unpaired) electrons. The first-order valence-electron chi connectivity index (χ1n) is 6.64. The summed E-state index contributed by atoms with van der Waals surface area (Å²) in [6.07, 6.45) is 2.50. The first kappa shape index (κ1) is 14.9. The molecule has 0 saturated carbocycles. The summed E-state index contributed by atoms with van der Waals surface area (Å²) in [6, 6.07) is 8.35. The van der Waals surface area contributed by atoms with Gasteiger partial charge in [0.05, 0.1) is 6.10 Å². The van der Waals surface area contributed by atoms with Crippen LogP contribution >= 0.6 is 0 Å². The van der Waals surface area contributed by atoms with Gasteiger partial charge in [0, 0.05) is 12.6 Å². The summed E-state index contributed by atoms with van der Waals surface area (Å²) in [5, 5.41) is 13.6. The van der Waals surface area contributed by atoms with E-state index in [0.717, 1.165) is 17.5 Å². The lowest BCUT2D eigenvalue weighted by Gasteiger charge is -2.22. The number of benzene rings is 1. The second kappa shape index (κ2) is 7.34. The van der Waals surface area contributed by atoms with Crippen molar-refractivity contribution in [3.8, 4) is 0 Å². The van der Waals surface area contributed by atoms with Crippen molar-refractivity contribution in [3.05, 3.63) is 48.0 Å². The van der Waals surface area contributed by atoms with Crippen LogP contribution in [0.4, 0.5) is 0 Å². The van der Waals surface area contributed by atoms with E-state index in [1.54, 1.807) is 0 Å². The van der Waals surface area contributed by atoms with Gasteiger partial charge in [-0.2, -0.15) is 0 Å². The summed E-state index contributed by atoms with van der Waals surface area (Å²) in [4.78, 5) is 0. The number of hydrogen-bond donors (Lipinski definition) is 2. The minimum Gasteiger partial charge on any atom is -0.387 e. The average Bonchev–Trinajstić information content (AvgIpc) is 2.36. The van der Waals surface area contributed by atoms with Gasteiger partial charge in [-0.15, -0.1) is 6.58 Å². The fourth-order valence-corrected chi connectivity index (χ4v) is 2.04. The van der Waals surface area contributed by atoms with Gasteiger partial charge in [-0.1, -0.05) is 37.3 Å². The molecule has 0 fully saturated rings. The topological polar surface area (TPSA) is 32.3 Å². The Morgan fingerprint density at radius 2 is 2.00 bits per heavy atom. The summed E-state index contributed by atoms with van der Waals surface area (Å²) in [5.41, 5.74) is 2.15. The van der Waals surface area contributed by atoms with Crippen molar-refractivity contribution in [1.82, 2.24) is 5.32 Å². The van der Waals surface area contributed by atoms with E-state index < -0.39 is 6.10 Å². The molecule has 2 heteroatoms. The Morgan fingerprint density at radius 1 is 1.33 bits per heavy atom. The first-order chi connectivity index (χ1) is 8.56. The number of rotatable bonds is 7. The maximum absolute atomic E-state index is 10.2. The first-order valence-corrected chi connectivity index (χ1v) is 6.64. The van der Waals surface area contributed by atoms with Crippen LogP contribution in [0, 0.1) is 12.8 Å². The van der Waals surface area contributed by atoms with Crippen LogP contribution in [0.2, 0.25) is 0 Å². The van der Waals surface area contributed by atoms with Gasteiger partial charge in [0.15, 0.2) is 0 Å². The van der Waals surface area contributed by atoms with Crippen LogP contribution in [-0.2, 0) is 0 Å². The van der Waals surface area contributed by atoms with Crippen molar-refractivity contribution in [1.29, 1.82) is 0 Å². The molecule has 0 saturated heterocycles. The van der Waals surface area contributed by atoms with Crippen LogP contribution in [0.5, 0.6) is 0 Å². The molecule has 3 unspecified atom stereocenters. The number of aryl methyl sites for hydroxylation is 1. The number of aliphatic hydroxyl groups is 1. The molecule has 18 heavy (non-hydrogen) atoms. The summed E-state index contributed by atoms with van der Waals surface area (Å²) < 4.78 is 0. The van der Waals surface area contributed by atoms with Crippen LogP contribution in [0.1, 0.15) is 37.5 Å². The molecule has 2 nitrogen and oxygen atoms in total. The normalized spacial score (nSPS) is 16.0. The molecule has 1 aromatic carbocycles. The second-order valence-corrected chi connectivity index (χ2v) is 5.07. The van der Waals surface area contributed by atoms with E-state index in [-0.39, 0.29) is 0 Å². The van der Waals surface area contributed by atoms with E-state index in [1.807, 2.05) is 37.3 Å². The van der Waals surface area contributed by atoms with Gasteiger partial charge in [0.1, 0.15) is 0 Å². The molecule has 0 aromatic heterocycles. The number of nitrogens with one attached hydrogen (secondary N) is 1. The van der Waals surface area contributed by atoms with Crippen molar-refractivity contribution in [3.63, 3.8) is 0 Å². The predicted molar refractivity (Wildman–Crippen MR) is 77.6 cm³/mol. The third-order valence-corrected chi connectivity index (χ3v) is 3.57. The summed E-state index contributed by atoms with van der Waals surface area (Å²) >= 11 is 0. The highest BCUT2D eigenvalue weighted by atomic mass is 16.3. The van der Waals surface area contributed by atoms with Crippen LogP contribution in [0.3, 0.4) is 0 Å². The summed E-state index contributed by atoms with van der Waals surface area (Å²) in [7, 11) is 0. The molecular formula is C16H25NO. The Kier molecular flexibility index (Phi) is 6.10. The van der Waals surface area contributed by atoms with Gasteiger partial charge in [0.25, 0.3) is 0 Å². The number of allylic oxidation sites excluding steroid dienone is 1. The Bertz CT molecular complexity index is 375. The fraction of sp³-hybridized carbons (Fsp3) is 0.500. The SMILES string of the molecule is C=CCC(C)C(C)NCC(O)c1ccccc1C. The van der Waals surface area contributed by atoms with Gasteiger partial charge >= 0.3 is 0 Å². The highest BCUT2D eigenvalue weighted by Gasteiger charge is 2.14. The lowest BCUT2D eigenvalue weighted by molar-refractivity contribution is 0.165. The summed E-state index contributed by atoms with van der Waals surface area (Å²) in [6.45, 7) is 10.7. The molecule has 0 aliphatic rings. The van der Waals surface area contributed by atoms with Gasteiger partial charge in [0.2, 0.25) is 0 Å². The lowest BCUT2D eigenvalue weighted by Crippen LogP contribution is -2.35. The molecule has 0 aliphatic carbocycles. The molecule has 0 aliphatic heterocycles. The molecule has 0 amide bonds. The Morgan fingerprint density at radius 3 is 2.61 bits per heavy atom. The van der Waals surface area contributed by atoms with Crippen LogP contribution < -0.4 is 5.32 Å². The highest BCUT2D eigenvalue weighted by molar-refractivity contribution is 5.27. The molecule has 1 aromatic rings. The quantitative estimate of drug-likeness (QED) is 0.725. The molecule has 1 rings (SSSR count). The van der Waals surface area contributed by atoms with Gasteiger partial charge in [-0.05, 0) is 37.3 Å². The number of aliphatic hydroxyl groups excluding tert-OH is 1. The third kappa shape index (κ3) is 4.28. The molecular weight excluding hydrogens is 222 g/mol. The maximum atomic E-state index is 10.2. The Balaban J connectivity index is 2.48. The van der Waals surface area contributed by atoms with Crippen molar-refractivity contribution >= 4 is 0 Å². The van der Waals surface area contributed by atoms with E-state index in [2.05, 4.69) is 25.7 Å². The van der Waals surface area contributed by atoms with Crippen molar-refractivity contribution in [2.24, 2.45) is 5.92 Å². The Labute approximate surface area is 111 Å². The van der Waals surface area contributed by atoms with Crippen molar-refractivity contribution < 1.29 is 5.11 Å². The van der Waals surface area contributed by atoms with Gasteiger partial charge in [-0.25, -0.2) is 0 Å². The van der Waals surface area contributed by atoms with E-state index in [9.17, 15) is 5.11 Å². The predicted octanol–water partition coefficient (Wildman–Crippen LogP) is 3.22. The minimum absolute atomic E-state index is 0.377. The minimum atomic E-state index is -0.440. The largest absolute Gasteiger partial charge is 0.387 e. The molecule has 3 atom stereocenters. The fourth-order valence-electron chi connectivity index (χ4n) is 2.04. The Hall–Kier alpha value is -1.12. The maximum Gasteiger partial charge on any atom is 0.0917 e. The van der Waals surface area contributed by atoms with Gasteiger partial charge < -0.3 is 10.4 Å². The van der Waals surface area contributed by atoms with Crippen molar-refractivity contribution in [2.75, 3.05) is 6.54 Å². The average molecular weight is 247 g/mol. The van der Waals surface area contributed by atoms with Crippen LogP contribution in [0.25, 0.3) is 0 Å². The summed E-state index contributed by atoms with van der Waals surface area (Å²) in [5.74, 6) is 0.534. The molecule has 100 valence electrons. The van der Waals surface area contributed by atoms with Crippen LogP contribution in [-0.4, -0.2) is 17.7 Å². The molecule has 0 bridgehead atoms. The van der Waals surface area contributed by atoms with E-state index in [4.69, 9.17) is 0 Å². The zero-order valence-electron chi connectivity index (χ0n) is 11.7. The zero-order valence-corrected chi connectivity index (χ0v) is 11.7. The van der Waals surface area contributed by atoms with E-state index in [1.165, 1.54) is 0 Å². The number of hydrogen-bond acceptors (Lipinski definition) is 2. The van der Waals surface area contributed by atoms with Gasteiger partial charge in [-0.3, -0.25) is 0 Å². The monoisotopic (exact) mass is 247 g/mol. The smallest absolute Gasteiger partial charge is 0.0917 e. The van der Waals surface area contributed by atoms with Crippen molar-refractivity contribution in [2.45, 2.75) is 39.3 Å². The molecule has 0 heterocycles. The van der Waals surface area contributed by atoms with E-state index >= 15 is 0 Å².